The molecule has 0 atom stereocenters. The number of anilines is 1. The van der Waals surface area contributed by atoms with E-state index in [9.17, 15) is 4.79 Å². The number of thiazole rings is 1. The zero-order valence-electron chi connectivity index (χ0n) is 12.4. The van der Waals surface area contributed by atoms with E-state index in [1.54, 1.807) is 30.6 Å². The fourth-order valence-corrected chi connectivity index (χ4v) is 3.47. The molecule has 3 rings (SSSR count). The van der Waals surface area contributed by atoms with Gasteiger partial charge in [0.1, 0.15) is 11.5 Å². The average Bonchev–Trinajstić information content (AvgIpc) is 2.95. The highest BCUT2D eigenvalue weighted by molar-refractivity contribution is 7.15. The molecule has 1 aromatic heterocycles. The van der Waals surface area contributed by atoms with Gasteiger partial charge in [-0.3, -0.25) is 10.1 Å². The van der Waals surface area contributed by atoms with Crippen molar-refractivity contribution >= 4 is 22.4 Å². The van der Waals surface area contributed by atoms with E-state index >= 15 is 0 Å². The molecule has 5 nitrogen and oxygen atoms in total. The van der Waals surface area contributed by atoms with Crippen LogP contribution in [-0.4, -0.2) is 24.6 Å². The quantitative estimate of drug-likeness (QED) is 0.920. The highest BCUT2D eigenvalue weighted by Gasteiger charge is 2.16. The summed E-state index contributed by atoms with van der Waals surface area (Å²) in [5.74, 6) is 1.10. The predicted octanol–water partition coefficient (Wildman–Crippen LogP) is 3.05. The second kappa shape index (κ2) is 6.79. The maximum Gasteiger partial charge on any atom is 0.264 e. The van der Waals surface area contributed by atoms with Crippen LogP contribution in [0.15, 0.2) is 24.3 Å². The molecule has 6 heteroatoms. The van der Waals surface area contributed by atoms with E-state index in [4.69, 9.17) is 9.47 Å². The molecule has 0 unspecified atom stereocenters. The zero-order valence-corrected chi connectivity index (χ0v) is 13.2. The van der Waals surface area contributed by atoms with Crippen molar-refractivity contribution in [1.29, 1.82) is 0 Å². The molecule has 1 amide bonds. The molecular formula is C16H18N2O3S. The number of benzene rings is 1. The van der Waals surface area contributed by atoms with Crippen LogP contribution in [0, 0.1) is 0 Å². The molecule has 2 aromatic rings. The van der Waals surface area contributed by atoms with Gasteiger partial charge in [-0.05, 0) is 37.8 Å². The van der Waals surface area contributed by atoms with Crippen LogP contribution < -0.4 is 14.8 Å². The van der Waals surface area contributed by atoms with Gasteiger partial charge in [0.25, 0.3) is 5.91 Å². The molecule has 0 saturated carbocycles. The first kappa shape index (κ1) is 14.8. The Balaban J connectivity index is 1.55. The first-order chi connectivity index (χ1) is 10.7. The van der Waals surface area contributed by atoms with Crippen molar-refractivity contribution in [2.24, 2.45) is 0 Å². The number of hydrogen-bond donors (Lipinski definition) is 1. The molecule has 1 aromatic carbocycles. The summed E-state index contributed by atoms with van der Waals surface area (Å²) in [6.45, 7) is -0.0442. The van der Waals surface area contributed by atoms with Crippen LogP contribution in [0.2, 0.25) is 0 Å². The molecule has 0 aliphatic heterocycles. The van der Waals surface area contributed by atoms with Gasteiger partial charge in [-0.25, -0.2) is 4.98 Å². The van der Waals surface area contributed by atoms with Crippen molar-refractivity contribution in [3.8, 4) is 11.5 Å². The van der Waals surface area contributed by atoms with Crippen molar-refractivity contribution in [1.82, 2.24) is 4.98 Å². The van der Waals surface area contributed by atoms with Gasteiger partial charge in [0, 0.05) is 10.9 Å². The summed E-state index contributed by atoms with van der Waals surface area (Å²) >= 11 is 1.57. The topological polar surface area (TPSA) is 60.5 Å². The maximum atomic E-state index is 12.0. The SMILES string of the molecule is COc1cccc(OCC(=O)Nc2nc3c(s2)CCCC3)c1. The van der Waals surface area contributed by atoms with Crippen LogP contribution in [0.3, 0.4) is 0 Å². The Morgan fingerprint density at radius 1 is 1.32 bits per heavy atom. The van der Waals surface area contributed by atoms with Crippen LogP contribution >= 0.6 is 11.3 Å². The number of nitrogens with one attached hydrogen (secondary N) is 1. The fraction of sp³-hybridized carbons (Fsp3) is 0.375. The number of carbonyl (C=O) groups excluding carboxylic acids is 1. The van der Waals surface area contributed by atoms with Crippen molar-refractivity contribution in [2.45, 2.75) is 25.7 Å². The minimum atomic E-state index is -0.200. The van der Waals surface area contributed by atoms with Crippen molar-refractivity contribution in [3.63, 3.8) is 0 Å². The van der Waals surface area contributed by atoms with E-state index in [0.717, 1.165) is 18.5 Å². The van der Waals surface area contributed by atoms with Crippen molar-refractivity contribution < 1.29 is 14.3 Å². The van der Waals surface area contributed by atoms with Gasteiger partial charge >= 0.3 is 0 Å². The minimum absolute atomic E-state index is 0.0442. The summed E-state index contributed by atoms with van der Waals surface area (Å²) in [5, 5.41) is 3.48. The lowest BCUT2D eigenvalue weighted by molar-refractivity contribution is -0.118. The maximum absolute atomic E-state index is 12.0. The second-order valence-corrected chi connectivity index (χ2v) is 6.20. The van der Waals surface area contributed by atoms with Gasteiger partial charge in [-0.15, -0.1) is 11.3 Å². The molecular weight excluding hydrogens is 300 g/mol. The number of carbonyl (C=O) groups is 1. The largest absolute Gasteiger partial charge is 0.497 e. The Morgan fingerprint density at radius 2 is 2.14 bits per heavy atom. The summed E-state index contributed by atoms with van der Waals surface area (Å²) in [5.41, 5.74) is 1.14. The van der Waals surface area contributed by atoms with Crippen LogP contribution in [-0.2, 0) is 17.6 Å². The number of rotatable bonds is 5. The number of aryl methyl sites for hydroxylation is 2. The summed E-state index contributed by atoms with van der Waals surface area (Å²) in [6.07, 6.45) is 4.48. The van der Waals surface area contributed by atoms with Gasteiger partial charge in [0.15, 0.2) is 11.7 Å². The molecule has 0 saturated heterocycles. The number of ether oxygens (including phenoxy) is 2. The zero-order chi connectivity index (χ0) is 15.4. The number of hydrogen-bond acceptors (Lipinski definition) is 5. The summed E-state index contributed by atoms with van der Waals surface area (Å²) in [4.78, 5) is 17.7. The average molecular weight is 318 g/mol. The molecule has 1 heterocycles. The van der Waals surface area contributed by atoms with E-state index in [0.29, 0.717) is 16.6 Å². The van der Waals surface area contributed by atoms with Crippen LogP contribution in [0.5, 0.6) is 11.5 Å². The predicted molar refractivity (Wildman–Crippen MR) is 85.9 cm³/mol. The van der Waals surface area contributed by atoms with Crippen LogP contribution in [0.25, 0.3) is 0 Å². The smallest absolute Gasteiger partial charge is 0.264 e. The Labute approximate surface area is 133 Å². The molecule has 1 aliphatic rings. The lowest BCUT2D eigenvalue weighted by Gasteiger charge is -2.07. The van der Waals surface area contributed by atoms with Crippen LogP contribution in [0.1, 0.15) is 23.4 Å². The third-order valence-corrected chi connectivity index (χ3v) is 4.58. The highest BCUT2D eigenvalue weighted by Crippen LogP contribution is 2.29. The normalized spacial score (nSPS) is 13.3. The number of fused-ring (bicyclic) bond motifs is 1. The molecule has 22 heavy (non-hydrogen) atoms. The first-order valence-electron chi connectivity index (χ1n) is 7.30. The van der Waals surface area contributed by atoms with Crippen molar-refractivity contribution in [3.05, 3.63) is 34.8 Å². The third kappa shape index (κ3) is 3.57. The van der Waals surface area contributed by atoms with E-state index < -0.39 is 0 Å². The Kier molecular flexibility index (Phi) is 4.58. The monoisotopic (exact) mass is 318 g/mol. The number of nitrogens with zero attached hydrogens (tertiary/aromatic N) is 1. The summed E-state index contributed by atoms with van der Waals surface area (Å²) in [6, 6.07) is 7.18. The van der Waals surface area contributed by atoms with E-state index in [1.165, 1.54) is 17.7 Å². The highest BCUT2D eigenvalue weighted by atomic mass is 32.1. The first-order valence-corrected chi connectivity index (χ1v) is 8.11. The fourth-order valence-electron chi connectivity index (χ4n) is 2.40. The Hall–Kier alpha value is -2.08. The Bertz CT molecular complexity index is 646. The van der Waals surface area contributed by atoms with Crippen molar-refractivity contribution in [2.75, 3.05) is 19.0 Å². The van der Waals surface area contributed by atoms with Crippen LogP contribution in [0.4, 0.5) is 5.13 Å². The molecule has 0 fully saturated rings. The number of methoxy groups -OCH3 is 1. The van der Waals surface area contributed by atoms with Gasteiger partial charge in [-0.2, -0.15) is 0 Å². The minimum Gasteiger partial charge on any atom is -0.497 e. The molecule has 0 spiro atoms. The lowest BCUT2D eigenvalue weighted by atomic mass is 10.0. The number of aromatic nitrogens is 1. The molecule has 116 valence electrons. The molecule has 1 N–H and O–H groups in total. The second-order valence-electron chi connectivity index (χ2n) is 5.11. The lowest BCUT2D eigenvalue weighted by Crippen LogP contribution is -2.20. The molecule has 0 bridgehead atoms. The van der Waals surface area contributed by atoms with E-state index in [-0.39, 0.29) is 12.5 Å². The third-order valence-electron chi connectivity index (χ3n) is 3.50. The molecule has 1 aliphatic carbocycles. The molecule has 0 radical (unpaired) electrons. The summed E-state index contributed by atoms with van der Waals surface area (Å²) in [7, 11) is 1.59. The van der Waals surface area contributed by atoms with Gasteiger partial charge in [0.2, 0.25) is 0 Å². The standard InChI is InChI=1S/C16H18N2O3S/c1-20-11-5-4-6-12(9-11)21-10-15(19)18-16-17-13-7-2-3-8-14(13)22-16/h4-6,9H,2-3,7-8,10H2,1H3,(H,17,18,19). The Morgan fingerprint density at radius 3 is 2.95 bits per heavy atom. The van der Waals surface area contributed by atoms with Gasteiger partial charge in [0.05, 0.1) is 12.8 Å². The summed E-state index contributed by atoms with van der Waals surface area (Å²) < 4.78 is 10.6. The van der Waals surface area contributed by atoms with E-state index in [1.807, 2.05) is 12.1 Å². The van der Waals surface area contributed by atoms with Gasteiger partial charge < -0.3 is 9.47 Å². The van der Waals surface area contributed by atoms with Gasteiger partial charge in [-0.1, -0.05) is 6.07 Å². The van der Waals surface area contributed by atoms with E-state index in [2.05, 4.69) is 10.3 Å². The number of amides is 1.